The summed E-state index contributed by atoms with van der Waals surface area (Å²) >= 11 is 3.54. The van der Waals surface area contributed by atoms with E-state index in [1.165, 1.54) is 0 Å². The second-order valence-corrected chi connectivity index (χ2v) is 5.25. The molecule has 0 fully saturated rings. The van der Waals surface area contributed by atoms with Gasteiger partial charge in [0.2, 0.25) is 5.95 Å². The maximum atomic E-state index is 5.75. The summed E-state index contributed by atoms with van der Waals surface area (Å²) in [5.41, 5.74) is 7.76. The highest BCUT2D eigenvalue weighted by Crippen LogP contribution is 2.22. The molecule has 1 aromatic heterocycles. The lowest BCUT2D eigenvalue weighted by atomic mass is 10.2. The van der Waals surface area contributed by atoms with E-state index >= 15 is 0 Å². The fourth-order valence-corrected chi connectivity index (χ4v) is 2.47. The second kappa shape index (κ2) is 5.46. The first-order valence-electron chi connectivity index (χ1n) is 6.23. The summed E-state index contributed by atoms with van der Waals surface area (Å²) in [4.78, 5) is 8.51. The van der Waals surface area contributed by atoms with Gasteiger partial charge in [-0.3, -0.25) is 0 Å². The van der Waals surface area contributed by atoms with Crippen molar-refractivity contribution in [3.8, 4) is 0 Å². The molecule has 0 aliphatic carbocycles. The molecule has 100 valence electrons. The normalized spacial score (nSPS) is 10.7. The number of fused-ring (bicyclic) bond motifs is 1. The van der Waals surface area contributed by atoms with Gasteiger partial charge in [0.15, 0.2) is 0 Å². The Kier molecular flexibility index (Phi) is 3.52. The zero-order valence-electron chi connectivity index (χ0n) is 10.7. The van der Waals surface area contributed by atoms with Gasteiger partial charge in [0.1, 0.15) is 5.82 Å². The summed E-state index contributed by atoms with van der Waals surface area (Å²) in [6, 6.07) is 15.9. The molecular weight excluding hydrogens is 316 g/mol. The van der Waals surface area contributed by atoms with E-state index in [-0.39, 0.29) is 5.95 Å². The highest BCUT2D eigenvalue weighted by Gasteiger charge is 2.06. The molecule has 3 N–H and O–H groups in total. The zero-order chi connectivity index (χ0) is 13.9. The van der Waals surface area contributed by atoms with Gasteiger partial charge < -0.3 is 11.1 Å². The van der Waals surface area contributed by atoms with E-state index in [9.17, 15) is 0 Å². The van der Waals surface area contributed by atoms with Crippen LogP contribution in [0.15, 0.2) is 53.0 Å². The Morgan fingerprint density at radius 3 is 2.60 bits per heavy atom. The molecular formula is C15H13BrN4. The smallest absolute Gasteiger partial charge is 0.222 e. The minimum absolute atomic E-state index is 0.276. The first kappa shape index (κ1) is 12.9. The van der Waals surface area contributed by atoms with Crippen LogP contribution < -0.4 is 11.1 Å². The van der Waals surface area contributed by atoms with E-state index in [4.69, 9.17) is 5.73 Å². The minimum atomic E-state index is 0.276. The van der Waals surface area contributed by atoms with Crippen LogP contribution in [0.5, 0.6) is 0 Å². The zero-order valence-corrected chi connectivity index (χ0v) is 12.3. The molecule has 20 heavy (non-hydrogen) atoms. The summed E-state index contributed by atoms with van der Waals surface area (Å²) < 4.78 is 1.07. The lowest BCUT2D eigenvalue weighted by molar-refractivity contribution is 1.10. The van der Waals surface area contributed by atoms with Crippen molar-refractivity contribution >= 4 is 38.6 Å². The number of hydrogen-bond donors (Lipinski definition) is 2. The van der Waals surface area contributed by atoms with E-state index < -0.39 is 0 Å². The molecule has 0 saturated heterocycles. The standard InChI is InChI=1S/C15H13BrN4/c16-12-7-3-1-5-10(12)9-18-14-11-6-2-4-8-13(11)19-15(17)20-14/h1-8H,9H2,(H3,17,18,19,20). The van der Waals surface area contributed by atoms with Gasteiger partial charge in [-0.15, -0.1) is 0 Å². The van der Waals surface area contributed by atoms with E-state index in [0.29, 0.717) is 6.54 Å². The third-order valence-corrected chi connectivity index (χ3v) is 3.80. The van der Waals surface area contributed by atoms with Crippen LogP contribution in [0.4, 0.5) is 11.8 Å². The number of aromatic nitrogens is 2. The van der Waals surface area contributed by atoms with Crippen LogP contribution in [0.1, 0.15) is 5.56 Å². The number of benzene rings is 2. The van der Waals surface area contributed by atoms with Crippen LogP contribution in [0.2, 0.25) is 0 Å². The average molecular weight is 329 g/mol. The third kappa shape index (κ3) is 2.58. The number of anilines is 2. The lowest BCUT2D eigenvalue weighted by Crippen LogP contribution is -2.05. The van der Waals surface area contributed by atoms with Crippen molar-refractivity contribution in [2.45, 2.75) is 6.54 Å². The fraction of sp³-hybridized carbons (Fsp3) is 0.0667. The van der Waals surface area contributed by atoms with E-state index in [1.54, 1.807) is 0 Å². The van der Waals surface area contributed by atoms with Gasteiger partial charge in [0.25, 0.3) is 0 Å². The Morgan fingerprint density at radius 1 is 1.00 bits per heavy atom. The molecule has 0 bridgehead atoms. The molecule has 3 aromatic rings. The summed E-state index contributed by atoms with van der Waals surface area (Å²) in [5, 5.41) is 4.29. The number of nitrogens with two attached hydrogens (primary N) is 1. The van der Waals surface area contributed by atoms with Crippen molar-refractivity contribution in [1.29, 1.82) is 0 Å². The highest BCUT2D eigenvalue weighted by molar-refractivity contribution is 9.10. The lowest BCUT2D eigenvalue weighted by Gasteiger charge is -2.10. The molecule has 2 aromatic carbocycles. The Morgan fingerprint density at radius 2 is 1.75 bits per heavy atom. The summed E-state index contributed by atoms with van der Waals surface area (Å²) in [6.45, 7) is 0.669. The predicted molar refractivity (Wildman–Crippen MR) is 85.4 cm³/mol. The molecule has 0 aliphatic rings. The topological polar surface area (TPSA) is 63.8 Å². The minimum Gasteiger partial charge on any atom is -0.368 e. The Bertz CT molecular complexity index is 758. The molecule has 1 heterocycles. The van der Waals surface area contributed by atoms with Gasteiger partial charge in [0, 0.05) is 16.4 Å². The molecule has 5 heteroatoms. The molecule has 0 aliphatic heterocycles. The first-order chi connectivity index (χ1) is 9.74. The van der Waals surface area contributed by atoms with Gasteiger partial charge in [0.05, 0.1) is 5.52 Å². The van der Waals surface area contributed by atoms with Crippen LogP contribution in [0.25, 0.3) is 10.9 Å². The molecule has 0 atom stereocenters. The van der Waals surface area contributed by atoms with Crippen molar-refractivity contribution in [1.82, 2.24) is 9.97 Å². The van der Waals surface area contributed by atoms with E-state index in [2.05, 4.69) is 37.3 Å². The molecule has 0 unspecified atom stereocenters. The van der Waals surface area contributed by atoms with Crippen LogP contribution in [-0.2, 0) is 6.54 Å². The molecule has 0 amide bonds. The van der Waals surface area contributed by atoms with Gasteiger partial charge >= 0.3 is 0 Å². The Labute approximate surface area is 125 Å². The number of para-hydroxylation sites is 1. The Hall–Kier alpha value is -2.14. The van der Waals surface area contributed by atoms with Crippen molar-refractivity contribution in [3.63, 3.8) is 0 Å². The summed E-state index contributed by atoms with van der Waals surface area (Å²) in [6.07, 6.45) is 0. The molecule has 4 nitrogen and oxygen atoms in total. The summed E-state index contributed by atoms with van der Waals surface area (Å²) in [7, 11) is 0. The summed E-state index contributed by atoms with van der Waals surface area (Å²) in [5.74, 6) is 1.03. The molecule has 0 radical (unpaired) electrons. The number of nitrogens with zero attached hydrogens (tertiary/aromatic N) is 2. The van der Waals surface area contributed by atoms with Gasteiger partial charge in [-0.25, -0.2) is 4.98 Å². The number of halogens is 1. The van der Waals surface area contributed by atoms with Crippen molar-refractivity contribution in [2.24, 2.45) is 0 Å². The van der Waals surface area contributed by atoms with Gasteiger partial charge in [-0.05, 0) is 23.8 Å². The van der Waals surface area contributed by atoms with Crippen LogP contribution >= 0.6 is 15.9 Å². The second-order valence-electron chi connectivity index (χ2n) is 4.39. The quantitative estimate of drug-likeness (QED) is 0.771. The first-order valence-corrected chi connectivity index (χ1v) is 7.03. The number of nitrogen functional groups attached to an aromatic ring is 1. The predicted octanol–water partition coefficient (Wildman–Crippen LogP) is 3.59. The van der Waals surface area contributed by atoms with Gasteiger partial charge in [-0.1, -0.05) is 46.3 Å². The molecule has 0 saturated carbocycles. The average Bonchev–Trinajstić information content (AvgIpc) is 2.46. The van der Waals surface area contributed by atoms with Crippen LogP contribution in [0.3, 0.4) is 0 Å². The van der Waals surface area contributed by atoms with E-state index in [1.807, 2.05) is 42.5 Å². The van der Waals surface area contributed by atoms with Gasteiger partial charge in [-0.2, -0.15) is 4.98 Å². The third-order valence-electron chi connectivity index (χ3n) is 3.02. The van der Waals surface area contributed by atoms with Crippen LogP contribution in [-0.4, -0.2) is 9.97 Å². The molecule has 0 spiro atoms. The fourth-order valence-electron chi connectivity index (χ4n) is 2.05. The van der Waals surface area contributed by atoms with Crippen molar-refractivity contribution in [3.05, 3.63) is 58.6 Å². The SMILES string of the molecule is Nc1nc(NCc2ccccc2Br)c2ccccc2n1. The van der Waals surface area contributed by atoms with E-state index in [0.717, 1.165) is 26.8 Å². The number of hydrogen-bond acceptors (Lipinski definition) is 4. The van der Waals surface area contributed by atoms with Crippen molar-refractivity contribution in [2.75, 3.05) is 11.1 Å². The molecule has 3 rings (SSSR count). The maximum absolute atomic E-state index is 5.75. The number of nitrogens with one attached hydrogen (secondary N) is 1. The maximum Gasteiger partial charge on any atom is 0.222 e. The van der Waals surface area contributed by atoms with Crippen LogP contribution in [0, 0.1) is 0 Å². The number of rotatable bonds is 3. The highest BCUT2D eigenvalue weighted by atomic mass is 79.9. The monoisotopic (exact) mass is 328 g/mol. The van der Waals surface area contributed by atoms with Crippen molar-refractivity contribution < 1.29 is 0 Å². The largest absolute Gasteiger partial charge is 0.368 e. The Balaban J connectivity index is 1.93.